The van der Waals surface area contributed by atoms with Gasteiger partial charge in [-0.2, -0.15) is 0 Å². The molecule has 54 valence electrons. The Morgan fingerprint density at radius 2 is 1.78 bits per heavy atom. The smallest absolute Gasteiger partial charge is 0.0543 e. The molecule has 1 N–H and O–H groups in total. The molecule has 1 aliphatic rings. The Morgan fingerprint density at radius 1 is 1.11 bits per heavy atom. The summed E-state index contributed by atoms with van der Waals surface area (Å²) in [5, 5.41) is 9.20. The summed E-state index contributed by atoms with van der Waals surface area (Å²) in [6, 6.07) is 0. The van der Waals surface area contributed by atoms with Crippen LogP contribution in [0.4, 0.5) is 0 Å². The molecule has 0 radical (unpaired) electrons. The van der Waals surface area contributed by atoms with E-state index < -0.39 is 0 Å². The first-order chi connectivity index (χ1) is 4.20. The molecule has 0 unspecified atom stereocenters. The molecule has 1 rings (SSSR count). The highest BCUT2D eigenvalue weighted by molar-refractivity contribution is 4.73. The van der Waals surface area contributed by atoms with E-state index in [-0.39, 0.29) is 6.10 Å². The minimum absolute atomic E-state index is 0.00352. The van der Waals surface area contributed by atoms with Crippen LogP contribution < -0.4 is 0 Å². The molecule has 0 amide bonds. The monoisotopic (exact) mass is 128 g/mol. The van der Waals surface area contributed by atoms with Gasteiger partial charge in [-0.3, -0.25) is 0 Å². The average molecular weight is 128 g/mol. The Bertz CT molecular complexity index is 90.6. The van der Waals surface area contributed by atoms with Crippen molar-refractivity contribution in [1.82, 2.24) is 0 Å². The van der Waals surface area contributed by atoms with Gasteiger partial charge in [0, 0.05) is 0 Å². The quantitative estimate of drug-likeness (QED) is 0.527. The predicted molar refractivity (Wildman–Crippen MR) is 38.2 cm³/mol. The first-order valence-corrected chi connectivity index (χ1v) is 3.88. The topological polar surface area (TPSA) is 20.2 Å². The Hall–Kier alpha value is -0.0400. The molecule has 0 aromatic heterocycles. The Balaban J connectivity index is 2.35. The maximum atomic E-state index is 9.20. The van der Waals surface area contributed by atoms with Crippen molar-refractivity contribution in [1.29, 1.82) is 0 Å². The van der Waals surface area contributed by atoms with Gasteiger partial charge in [-0.15, -0.1) is 0 Å². The van der Waals surface area contributed by atoms with Crippen LogP contribution in [0.25, 0.3) is 0 Å². The van der Waals surface area contributed by atoms with Gasteiger partial charge in [0.2, 0.25) is 0 Å². The molecular formula is C8H16O. The second-order valence-corrected chi connectivity index (χ2v) is 3.42. The predicted octanol–water partition coefficient (Wildman–Crippen LogP) is 1.80. The lowest BCUT2D eigenvalue weighted by Gasteiger charge is -2.28. The van der Waals surface area contributed by atoms with Gasteiger partial charge in [0.1, 0.15) is 0 Å². The zero-order valence-electron chi connectivity index (χ0n) is 6.30. The molecule has 3 atom stereocenters. The summed E-state index contributed by atoms with van der Waals surface area (Å²) in [6.07, 6.45) is 3.24. The van der Waals surface area contributed by atoms with Crippen molar-refractivity contribution in [3.8, 4) is 0 Å². The minimum Gasteiger partial charge on any atom is -0.393 e. The van der Waals surface area contributed by atoms with E-state index in [4.69, 9.17) is 0 Å². The first kappa shape index (κ1) is 7.07. The van der Waals surface area contributed by atoms with Gasteiger partial charge in [-0.25, -0.2) is 0 Å². The van der Waals surface area contributed by atoms with Gasteiger partial charge in [0.05, 0.1) is 6.10 Å². The summed E-state index contributed by atoms with van der Waals surface area (Å²) in [7, 11) is 0. The second-order valence-electron chi connectivity index (χ2n) is 3.42. The Kier molecular flexibility index (Phi) is 2.12. The molecule has 1 heteroatoms. The van der Waals surface area contributed by atoms with Crippen LogP contribution in [0.1, 0.15) is 33.1 Å². The van der Waals surface area contributed by atoms with Gasteiger partial charge in [-0.05, 0) is 31.1 Å². The van der Waals surface area contributed by atoms with E-state index in [0.717, 1.165) is 24.7 Å². The SMILES string of the molecule is C[C@@H]1CC[C@H](O)C[C@@H]1C. The lowest BCUT2D eigenvalue weighted by atomic mass is 9.80. The second kappa shape index (κ2) is 2.70. The Labute approximate surface area is 57.1 Å². The molecule has 9 heavy (non-hydrogen) atoms. The number of hydrogen-bond donors (Lipinski definition) is 1. The van der Waals surface area contributed by atoms with Crippen LogP contribution in [0.3, 0.4) is 0 Å². The normalized spacial score (nSPS) is 45.0. The highest BCUT2D eigenvalue weighted by atomic mass is 16.3. The van der Waals surface area contributed by atoms with Crippen LogP contribution in [0, 0.1) is 11.8 Å². The van der Waals surface area contributed by atoms with Gasteiger partial charge in [-0.1, -0.05) is 13.8 Å². The lowest BCUT2D eigenvalue weighted by Crippen LogP contribution is -2.23. The molecule has 1 nitrogen and oxygen atoms in total. The first-order valence-electron chi connectivity index (χ1n) is 3.88. The van der Waals surface area contributed by atoms with Crippen LogP contribution in [-0.4, -0.2) is 11.2 Å². The van der Waals surface area contributed by atoms with Crippen LogP contribution in [0.2, 0.25) is 0 Å². The standard InChI is InChI=1S/C8H16O/c1-6-3-4-8(9)5-7(6)2/h6-9H,3-5H2,1-2H3/t6-,7+,8+/m1/s1. The van der Waals surface area contributed by atoms with Gasteiger partial charge >= 0.3 is 0 Å². The summed E-state index contributed by atoms with van der Waals surface area (Å²) < 4.78 is 0. The minimum atomic E-state index is -0.00352. The fourth-order valence-electron chi connectivity index (χ4n) is 1.52. The summed E-state index contributed by atoms with van der Waals surface area (Å²) >= 11 is 0. The van der Waals surface area contributed by atoms with Crippen molar-refractivity contribution < 1.29 is 5.11 Å². The molecule has 1 fully saturated rings. The van der Waals surface area contributed by atoms with Crippen molar-refractivity contribution in [2.45, 2.75) is 39.2 Å². The number of aliphatic hydroxyl groups is 1. The van der Waals surface area contributed by atoms with Gasteiger partial charge in [0.15, 0.2) is 0 Å². The third-order valence-electron chi connectivity index (χ3n) is 2.57. The molecule has 0 bridgehead atoms. The van der Waals surface area contributed by atoms with E-state index in [1.54, 1.807) is 0 Å². The molecule has 1 saturated carbocycles. The molecule has 0 aromatic rings. The molecule has 0 heterocycles. The zero-order chi connectivity index (χ0) is 6.85. The maximum absolute atomic E-state index is 9.20. The zero-order valence-corrected chi connectivity index (χ0v) is 6.30. The third-order valence-corrected chi connectivity index (χ3v) is 2.57. The summed E-state index contributed by atoms with van der Waals surface area (Å²) in [4.78, 5) is 0. The van der Waals surface area contributed by atoms with E-state index in [1.807, 2.05) is 0 Å². The van der Waals surface area contributed by atoms with Gasteiger partial charge in [0.25, 0.3) is 0 Å². The molecular weight excluding hydrogens is 112 g/mol. The van der Waals surface area contributed by atoms with E-state index in [2.05, 4.69) is 13.8 Å². The van der Waals surface area contributed by atoms with E-state index in [0.29, 0.717) is 0 Å². The van der Waals surface area contributed by atoms with Crippen LogP contribution >= 0.6 is 0 Å². The molecule has 1 aliphatic carbocycles. The Morgan fingerprint density at radius 3 is 2.22 bits per heavy atom. The summed E-state index contributed by atoms with van der Waals surface area (Å²) in [5.41, 5.74) is 0. The van der Waals surface area contributed by atoms with Crippen LogP contribution in [0.15, 0.2) is 0 Å². The maximum Gasteiger partial charge on any atom is 0.0543 e. The molecule has 0 aromatic carbocycles. The summed E-state index contributed by atoms with van der Waals surface area (Å²) in [6.45, 7) is 4.50. The van der Waals surface area contributed by atoms with E-state index >= 15 is 0 Å². The molecule has 0 aliphatic heterocycles. The third kappa shape index (κ3) is 1.68. The average Bonchev–Trinajstić information content (AvgIpc) is 1.80. The molecule has 0 saturated heterocycles. The van der Waals surface area contributed by atoms with Crippen LogP contribution in [0.5, 0.6) is 0 Å². The lowest BCUT2D eigenvalue weighted by molar-refractivity contribution is 0.0807. The van der Waals surface area contributed by atoms with Crippen molar-refractivity contribution in [2.75, 3.05) is 0 Å². The van der Waals surface area contributed by atoms with Crippen molar-refractivity contribution >= 4 is 0 Å². The fraction of sp³-hybridized carbons (Fsp3) is 1.00. The van der Waals surface area contributed by atoms with Crippen molar-refractivity contribution in [2.24, 2.45) is 11.8 Å². The van der Waals surface area contributed by atoms with Crippen molar-refractivity contribution in [3.05, 3.63) is 0 Å². The highest BCUT2D eigenvalue weighted by Gasteiger charge is 2.22. The van der Waals surface area contributed by atoms with E-state index in [1.165, 1.54) is 6.42 Å². The van der Waals surface area contributed by atoms with Crippen LogP contribution in [-0.2, 0) is 0 Å². The highest BCUT2D eigenvalue weighted by Crippen LogP contribution is 2.28. The summed E-state index contributed by atoms with van der Waals surface area (Å²) in [5.74, 6) is 1.56. The van der Waals surface area contributed by atoms with Crippen molar-refractivity contribution in [3.63, 3.8) is 0 Å². The van der Waals surface area contributed by atoms with Gasteiger partial charge < -0.3 is 5.11 Å². The number of rotatable bonds is 0. The number of hydrogen-bond acceptors (Lipinski definition) is 1. The number of aliphatic hydroxyl groups excluding tert-OH is 1. The fourth-order valence-corrected chi connectivity index (χ4v) is 1.52. The van der Waals surface area contributed by atoms with E-state index in [9.17, 15) is 5.11 Å². The largest absolute Gasteiger partial charge is 0.393 e. The molecule has 0 spiro atoms.